The molecule has 11 heavy (non-hydrogen) atoms. The number of rotatable bonds is 1. The second kappa shape index (κ2) is 3.54. The molecule has 0 bridgehead atoms. The number of hydrogen-bond donors (Lipinski definition) is 0. The van der Waals surface area contributed by atoms with E-state index in [0.29, 0.717) is 14.7 Å². The third-order valence-corrected chi connectivity index (χ3v) is 2.41. The number of methoxy groups -OCH3 is 1. The minimum atomic E-state index is -0.337. The van der Waals surface area contributed by atoms with Gasteiger partial charge in [0.25, 0.3) is 0 Å². The molecular formula is C7H5Br2FO. The molecule has 0 saturated carbocycles. The summed E-state index contributed by atoms with van der Waals surface area (Å²) in [5.74, 6) is 0.146. The van der Waals surface area contributed by atoms with Crippen molar-refractivity contribution in [2.24, 2.45) is 0 Å². The molecule has 0 radical (unpaired) electrons. The maximum atomic E-state index is 12.9. The van der Waals surface area contributed by atoms with Crippen LogP contribution < -0.4 is 4.74 Å². The molecule has 0 saturated heterocycles. The zero-order valence-corrected chi connectivity index (χ0v) is 8.87. The van der Waals surface area contributed by atoms with Gasteiger partial charge < -0.3 is 4.74 Å². The smallest absolute Gasteiger partial charge is 0.142 e. The van der Waals surface area contributed by atoms with Crippen LogP contribution in [0.3, 0.4) is 0 Å². The molecule has 1 rings (SSSR count). The van der Waals surface area contributed by atoms with E-state index in [9.17, 15) is 4.39 Å². The van der Waals surface area contributed by atoms with Crippen molar-refractivity contribution in [3.63, 3.8) is 0 Å². The lowest BCUT2D eigenvalue weighted by atomic mass is 10.3. The van der Waals surface area contributed by atoms with Gasteiger partial charge in [-0.25, -0.2) is 4.39 Å². The van der Waals surface area contributed by atoms with Crippen LogP contribution in [0.25, 0.3) is 0 Å². The van der Waals surface area contributed by atoms with E-state index in [-0.39, 0.29) is 5.82 Å². The van der Waals surface area contributed by atoms with E-state index in [4.69, 9.17) is 4.74 Å². The summed E-state index contributed by atoms with van der Waals surface area (Å²) in [7, 11) is 1.49. The molecule has 1 aromatic rings. The van der Waals surface area contributed by atoms with Crippen molar-refractivity contribution in [2.75, 3.05) is 7.11 Å². The summed E-state index contributed by atoms with van der Waals surface area (Å²) in [6.07, 6.45) is 0. The van der Waals surface area contributed by atoms with Gasteiger partial charge in [-0.15, -0.1) is 0 Å². The lowest BCUT2D eigenvalue weighted by Crippen LogP contribution is -1.87. The number of hydrogen-bond acceptors (Lipinski definition) is 1. The Morgan fingerprint density at radius 2 is 2.00 bits per heavy atom. The maximum absolute atomic E-state index is 12.9. The van der Waals surface area contributed by atoms with E-state index >= 15 is 0 Å². The summed E-state index contributed by atoms with van der Waals surface area (Å²) in [5, 5.41) is 0. The largest absolute Gasteiger partial charge is 0.495 e. The van der Waals surface area contributed by atoms with Gasteiger partial charge in [0.15, 0.2) is 0 Å². The van der Waals surface area contributed by atoms with E-state index in [2.05, 4.69) is 31.9 Å². The fourth-order valence-corrected chi connectivity index (χ4v) is 1.48. The predicted octanol–water partition coefficient (Wildman–Crippen LogP) is 3.36. The third kappa shape index (κ3) is 1.93. The molecule has 0 aromatic heterocycles. The molecule has 0 fully saturated rings. The van der Waals surface area contributed by atoms with Crippen molar-refractivity contribution in [1.29, 1.82) is 0 Å². The molecule has 0 amide bonds. The first-order chi connectivity index (χ1) is 5.15. The van der Waals surface area contributed by atoms with Crippen LogP contribution in [0.5, 0.6) is 5.75 Å². The first kappa shape index (κ1) is 9.00. The maximum Gasteiger partial charge on any atom is 0.142 e. The molecule has 0 unspecified atom stereocenters. The highest BCUT2D eigenvalue weighted by molar-refractivity contribution is 9.11. The van der Waals surface area contributed by atoms with Gasteiger partial charge in [-0.3, -0.25) is 0 Å². The monoisotopic (exact) mass is 282 g/mol. The summed E-state index contributed by atoms with van der Waals surface area (Å²) in [6, 6.07) is 3.06. The van der Waals surface area contributed by atoms with Crippen LogP contribution in [0.4, 0.5) is 4.39 Å². The third-order valence-electron chi connectivity index (χ3n) is 1.18. The minimum Gasteiger partial charge on any atom is -0.495 e. The highest BCUT2D eigenvalue weighted by Crippen LogP contribution is 2.30. The molecule has 60 valence electrons. The Labute approximate surface area is 80.8 Å². The van der Waals surface area contributed by atoms with Crippen molar-refractivity contribution in [3.8, 4) is 5.75 Å². The Kier molecular flexibility index (Phi) is 2.90. The Balaban J connectivity index is 3.24. The predicted molar refractivity (Wildman–Crippen MR) is 48.4 cm³/mol. The van der Waals surface area contributed by atoms with Gasteiger partial charge in [-0.1, -0.05) is 15.9 Å². The second-order valence-corrected chi connectivity index (χ2v) is 3.61. The minimum absolute atomic E-state index is 0.337. The molecule has 0 N–H and O–H groups in total. The second-order valence-electron chi connectivity index (χ2n) is 1.90. The normalized spacial score (nSPS) is 9.82. The zero-order valence-electron chi connectivity index (χ0n) is 5.70. The van der Waals surface area contributed by atoms with Crippen LogP contribution in [0.2, 0.25) is 0 Å². The average molecular weight is 284 g/mol. The van der Waals surface area contributed by atoms with Crippen molar-refractivity contribution >= 4 is 31.9 Å². The molecule has 4 heteroatoms. The SMILES string of the molecule is COc1cc(Br)cc(F)c1Br. The van der Waals surface area contributed by atoms with Gasteiger partial charge in [0.2, 0.25) is 0 Å². The summed E-state index contributed by atoms with van der Waals surface area (Å²) in [5.41, 5.74) is 0. The van der Waals surface area contributed by atoms with Gasteiger partial charge in [0.1, 0.15) is 11.6 Å². The van der Waals surface area contributed by atoms with Crippen LogP contribution in [0.15, 0.2) is 21.1 Å². The van der Waals surface area contributed by atoms with Crippen molar-refractivity contribution in [2.45, 2.75) is 0 Å². The van der Waals surface area contributed by atoms with E-state index in [1.807, 2.05) is 0 Å². The Hall–Kier alpha value is -0.0900. The first-order valence-electron chi connectivity index (χ1n) is 2.83. The van der Waals surface area contributed by atoms with E-state index < -0.39 is 0 Å². The standard InChI is InChI=1S/C7H5Br2FO/c1-11-6-3-4(8)2-5(10)7(6)9/h2-3H,1H3. The molecule has 0 aliphatic carbocycles. The number of ether oxygens (including phenoxy) is 1. The van der Waals surface area contributed by atoms with E-state index in [0.717, 1.165) is 0 Å². The van der Waals surface area contributed by atoms with E-state index in [1.54, 1.807) is 6.07 Å². The molecule has 0 aliphatic heterocycles. The summed E-state index contributed by atoms with van der Waals surface area (Å²) >= 11 is 6.20. The van der Waals surface area contributed by atoms with Crippen LogP contribution in [0, 0.1) is 5.82 Å². The Morgan fingerprint density at radius 3 is 2.55 bits per heavy atom. The Morgan fingerprint density at radius 1 is 1.36 bits per heavy atom. The molecule has 0 heterocycles. The zero-order chi connectivity index (χ0) is 8.43. The lowest BCUT2D eigenvalue weighted by Gasteiger charge is -2.03. The quantitative estimate of drug-likeness (QED) is 0.718. The average Bonchev–Trinajstić information content (AvgIpc) is 1.96. The van der Waals surface area contributed by atoms with E-state index in [1.165, 1.54) is 13.2 Å². The summed E-state index contributed by atoms with van der Waals surface area (Å²) < 4.78 is 18.8. The van der Waals surface area contributed by atoms with Gasteiger partial charge in [-0.05, 0) is 28.1 Å². The molecule has 0 aliphatic rings. The van der Waals surface area contributed by atoms with Crippen LogP contribution in [0.1, 0.15) is 0 Å². The number of halogens is 3. The van der Waals surface area contributed by atoms with Crippen LogP contribution >= 0.6 is 31.9 Å². The van der Waals surface area contributed by atoms with Gasteiger partial charge >= 0.3 is 0 Å². The van der Waals surface area contributed by atoms with Crippen molar-refractivity contribution in [1.82, 2.24) is 0 Å². The van der Waals surface area contributed by atoms with Gasteiger partial charge in [-0.2, -0.15) is 0 Å². The van der Waals surface area contributed by atoms with Gasteiger partial charge in [0.05, 0.1) is 11.6 Å². The lowest BCUT2D eigenvalue weighted by molar-refractivity contribution is 0.407. The van der Waals surface area contributed by atoms with Crippen LogP contribution in [-0.4, -0.2) is 7.11 Å². The van der Waals surface area contributed by atoms with Crippen molar-refractivity contribution < 1.29 is 9.13 Å². The molecular weight excluding hydrogens is 279 g/mol. The highest BCUT2D eigenvalue weighted by Gasteiger charge is 2.06. The number of benzene rings is 1. The highest BCUT2D eigenvalue weighted by atomic mass is 79.9. The van der Waals surface area contributed by atoms with Gasteiger partial charge in [0, 0.05) is 4.47 Å². The van der Waals surface area contributed by atoms with Crippen LogP contribution in [-0.2, 0) is 0 Å². The fraction of sp³-hybridized carbons (Fsp3) is 0.143. The van der Waals surface area contributed by atoms with Crippen molar-refractivity contribution in [3.05, 3.63) is 26.9 Å². The molecule has 1 nitrogen and oxygen atoms in total. The molecule has 0 atom stereocenters. The first-order valence-corrected chi connectivity index (χ1v) is 4.42. The topological polar surface area (TPSA) is 9.23 Å². The fourth-order valence-electron chi connectivity index (χ4n) is 0.681. The summed E-state index contributed by atoms with van der Waals surface area (Å²) in [4.78, 5) is 0. The molecule has 1 aromatic carbocycles. The summed E-state index contributed by atoms with van der Waals surface area (Å²) in [6.45, 7) is 0. The Bertz CT molecular complexity index is 275. The molecule has 0 spiro atoms.